The number of carbonyl (C=O) groups is 1. The van der Waals surface area contributed by atoms with E-state index < -0.39 is 5.60 Å². The number of fused-ring (bicyclic) bond motifs is 2. The van der Waals surface area contributed by atoms with Crippen LogP contribution < -0.4 is 4.74 Å². The molecule has 1 heterocycles. The predicted molar refractivity (Wildman–Crippen MR) is 94.0 cm³/mol. The average Bonchev–Trinajstić information content (AvgIpc) is 2.87. The van der Waals surface area contributed by atoms with Crippen LogP contribution in [0.5, 0.6) is 5.75 Å². The monoisotopic (exact) mass is 324 g/mol. The van der Waals surface area contributed by atoms with E-state index in [1.165, 1.54) is 6.42 Å². The van der Waals surface area contributed by atoms with Crippen LogP contribution in [0.4, 0.5) is 0 Å². The Balaban J connectivity index is 1.87. The molecular formula is C21H24O3. The second-order valence-electron chi connectivity index (χ2n) is 7.12. The highest BCUT2D eigenvalue weighted by Crippen LogP contribution is 2.52. The second-order valence-corrected chi connectivity index (χ2v) is 7.12. The molecular weight excluding hydrogens is 300 g/mol. The molecule has 1 saturated carbocycles. The largest absolute Gasteiger partial charge is 0.493 e. The van der Waals surface area contributed by atoms with Crippen LogP contribution in [0.15, 0.2) is 36.4 Å². The van der Waals surface area contributed by atoms with E-state index >= 15 is 0 Å². The maximum atomic E-state index is 12.5. The van der Waals surface area contributed by atoms with Gasteiger partial charge in [0.25, 0.3) is 0 Å². The fourth-order valence-corrected chi connectivity index (χ4v) is 4.67. The Bertz CT molecular complexity index is 782. The molecule has 3 nitrogen and oxygen atoms in total. The molecule has 1 aliphatic carbocycles. The van der Waals surface area contributed by atoms with Crippen molar-refractivity contribution in [2.75, 3.05) is 6.61 Å². The van der Waals surface area contributed by atoms with Gasteiger partial charge in [0.2, 0.25) is 0 Å². The zero-order valence-corrected chi connectivity index (χ0v) is 14.4. The maximum Gasteiger partial charge on any atom is 0.310 e. The maximum absolute atomic E-state index is 12.5. The first-order chi connectivity index (χ1) is 11.6. The predicted octanol–water partition coefficient (Wildman–Crippen LogP) is 4.82. The smallest absolute Gasteiger partial charge is 0.310 e. The Morgan fingerprint density at radius 3 is 2.67 bits per heavy atom. The topological polar surface area (TPSA) is 35.5 Å². The van der Waals surface area contributed by atoms with Crippen molar-refractivity contribution in [3.63, 3.8) is 0 Å². The second kappa shape index (κ2) is 5.80. The fraction of sp³-hybridized carbons (Fsp3) is 0.476. The van der Waals surface area contributed by atoms with E-state index in [9.17, 15) is 4.79 Å². The molecule has 2 aromatic rings. The van der Waals surface area contributed by atoms with Gasteiger partial charge in [-0.05, 0) is 38.1 Å². The summed E-state index contributed by atoms with van der Waals surface area (Å²) < 4.78 is 11.8. The molecule has 0 spiro atoms. The molecule has 3 atom stereocenters. The van der Waals surface area contributed by atoms with Crippen molar-refractivity contribution in [1.82, 2.24) is 0 Å². The van der Waals surface area contributed by atoms with Gasteiger partial charge in [-0.3, -0.25) is 4.79 Å². The van der Waals surface area contributed by atoms with E-state index in [0.29, 0.717) is 6.61 Å². The lowest BCUT2D eigenvalue weighted by Gasteiger charge is -2.34. The zero-order valence-electron chi connectivity index (χ0n) is 14.4. The number of ether oxygens (including phenoxy) is 2. The number of hydrogen-bond acceptors (Lipinski definition) is 3. The van der Waals surface area contributed by atoms with Crippen LogP contribution in [0.3, 0.4) is 0 Å². The number of esters is 1. The van der Waals surface area contributed by atoms with Gasteiger partial charge in [-0.15, -0.1) is 0 Å². The third kappa shape index (κ3) is 2.21. The third-order valence-electron chi connectivity index (χ3n) is 5.81. The molecule has 24 heavy (non-hydrogen) atoms. The Kier molecular flexibility index (Phi) is 3.75. The van der Waals surface area contributed by atoms with E-state index in [2.05, 4.69) is 25.1 Å². The SMILES string of the molecule is CCOc1ccc([C@]2(C)OC(=O)[C@H]3CCCC[C@H]32)c2ccccc12. The molecule has 0 radical (unpaired) electrons. The van der Waals surface area contributed by atoms with Crippen molar-refractivity contribution >= 4 is 16.7 Å². The van der Waals surface area contributed by atoms with Gasteiger partial charge in [0.05, 0.1) is 12.5 Å². The van der Waals surface area contributed by atoms with Crippen LogP contribution in [-0.2, 0) is 15.1 Å². The summed E-state index contributed by atoms with van der Waals surface area (Å²) in [7, 11) is 0. The molecule has 1 saturated heterocycles. The fourth-order valence-electron chi connectivity index (χ4n) is 4.67. The van der Waals surface area contributed by atoms with Crippen LogP contribution >= 0.6 is 0 Å². The standard InChI is InChI=1S/C21H24O3/c1-3-23-19-13-12-18(14-8-4-5-9-15(14)19)21(2)17-11-7-6-10-16(17)20(22)24-21/h4-5,8-9,12-13,16-17H,3,6-7,10-11H2,1-2H3/t16-,17+,21+/m0/s1. The molecule has 2 aromatic carbocycles. The number of hydrogen-bond donors (Lipinski definition) is 0. The van der Waals surface area contributed by atoms with E-state index in [1.54, 1.807) is 0 Å². The van der Waals surface area contributed by atoms with Crippen molar-refractivity contribution in [2.45, 2.75) is 45.1 Å². The normalized spacial score (nSPS) is 29.3. The average molecular weight is 324 g/mol. The van der Waals surface area contributed by atoms with Crippen molar-refractivity contribution in [3.05, 3.63) is 42.0 Å². The van der Waals surface area contributed by atoms with Crippen molar-refractivity contribution < 1.29 is 14.3 Å². The number of benzene rings is 2. The zero-order chi connectivity index (χ0) is 16.7. The van der Waals surface area contributed by atoms with Gasteiger partial charge < -0.3 is 9.47 Å². The molecule has 4 rings (SSSR count). The lowest BCUT2D eigenvalue weighted by molar-refractivity contribution is -0.150. The van der Waals surface area contributed by atoms with Crippen LogP contribution in [0, 0.1) is 11.8 Å². The third-order valence-corrected chi connectivity index (χ3v) is 5.81. The lowest BCUT2D eigenvalue weighted by Crippen LogP contribution is -2.33. The van der Waals surface area contributed by atoms with Crippen molar-refractivity contribution in [1.29, 1.82) is 0 Å². The molecule has 0 N–H and O–H groups in total. The highest BCUT2D eigenvalue weighted by Gasteiger charge is 2.54. The minimum absolute atomic E-state index is 0.0137. The Morgan fingerprint density at radius 2 is 1.88 bits per heavy atom. The van der Waals surface area contributed by atoms with Gasteiger partial charge >= 0.3 is 5.97 Å². The summed E-state index contributed by atoms with van der Waals surface area (Å²) in [5.41, 5.74) is 0.580. The quantitative estimate of drug-likeness (QED) is 0.760. The molecule has 2 aliphatic rings. The summed E-state index contributed by atoms with van der Waals surface area (Å²) in [5, 5.41) is 2.22. The Labute approximate surface area is 143 Å². The van der Waals surface area contributed by atoms with Gasteiger partial charge in [-0.25, -0.2) is 0 Å². The lowest BCUT2D eigenvalue weighted by atomic mass is 9.70. The Morgan fingerprint density at radius 1 is 1.12 bits per heavy atom. The van der Waals surface area contributed by atoms with E-state index in [0.717, 1.165) is 41.3 Å². The highest BCUT2D eigenvalue weighted by molar-refractivity contribution is 5.92. The Hall–Kier alpha value is -2.03. The van der Waals surface area contributed by atoms with Crippen molar-refractivity contribution in [2.24, 2.45) is 11.8 Å². The summed E-state index contributed by atoms with van der Waals surface area (Å²) in [6.07, 6.45) is 4.35. The summed E-state index contributed by atoms with van der Waals surface area (Å²) in [6, 6.07) is 12.4. The van der Waals surface area contributed by atoms with Crippen LogP contribution in [0.2, 0.25) is 0 Å². The van der Waals surface area contributed by atoms with Gasteiger partial charge in [0.1, 0.15) is 11.4 Å². The first kappa shape index (κ1) is 15.5. The summed E-state index contributed by atoms with van der Waals surface area (Å²) in [6.45, 7) is 4.73. The molecule has 0 unspecified atom stereocenters. The molecule has 0 amide bonds. The number of rotatable bonds is 3. The van der Waals surface area contributed by atoms with E-state index in [4.69, 9.17) is 9.47 Å². The van der Waals surface area contributed by atoms with E-state index in [-0.39, 0.29) is 17.8 Å². The summed E-state index contributed by atoms with van der Waals surface area (Å²) in [4.78, 5) is 12.5. The molecule has 1 aliphatic heterocycles. The molecule has 0 bridgehead atoms. The summed E-state index contributed by atoms with van der Waals surface area (Å²) >= 11 is 0. The molecule has 126 valence electrons. The highest BCUT2D eigenvalue weighted by atomic mass is 16.6. The van der Waals surface area contributed by atoms with Gasteiger partial charge in [0.15, 0.2) is 0 Å². The van der Waals surface area contributed by atoms with E-state index in [1.807, 2.05) is 25.1 Å². The molecule has 2 fully saturated rings. The van der Waals surface area contributed by atoms with Crippen LogP contribution in [0.25, 0.3) is 10.8 Å². The minimum atomic E-state index is -0.535. The van der Waals surface area contributed by atoms with Gasteiger partial charge in [-0.1, -0.05) is 43.2 Å². The first-order valence-corrected chi connectivity index (χ1v) is 9.03. The minimum Gasteiger partial charge on any atom is -0.493 e. The van der Waals surface area contributed by atoms with Crippen molar-refractivity contribution in [3.8, 4) is 5.75 Å². The number of cyclic esters (lactones) is 1. The summed E-state index contributed by atoms with van der Waals surface area (Å²) in [5.74, 6) is 1.22. The van der Waals surface area contributed by atoms with Gasteiger partial charge in [-0.2, -0.15) is 0 Å². The first-order valence-electron chi connectivity index (χ1n) is 9.03. The van der Waals surface area contributed by atoms with Gasteiger partial charge in [0, 0.05) is 16.9 Å². The number of carbonyl (C=O) groups excluding carboxylic acids is 1. The molecule has 0 aromatic heterocycles. The molecule has 3 heteroatoms. The van der Waals surface area contributed by atoms with Crippen LogP contribution in [-0.4, -0.2) is 12.6 Å². The van der Waals surface area contributed by atoms with Crippen LogP contribution in [0.1, 0.15) is 45.1 Å².